The van der Waals surface area contributed by atoms with Crippen molar-refractivity contribution >= 4 is 40.3 Å². The molecule has 2 aliphatic rings. The van der Waals surface area contributed by atoms with E-state index in [0.717, 1.165) is 23.1 Å². The van der Waals surface area contributed by atoms with Crippen molar-refractivity contribution in [3.8, 4) is 17.3 Å². The number of amides is 2. The van der Waals surface area contributed by atoms with E-state index in [1.807, 2.05) is 30.3 Å². The highest BCUT2D eigenvalue weighted by Crippen LogP contribution is 2.34. The number of aliphatic carboxylic acids is 1. The topological polar surface area (TPSA) is 132 Å². The van der Waals surface area contributed by atoms with Crippen LogP contribution in [0.3, 0.4) is 0 Å². The lowest BCUT2D eigenvalue weighted by Gasteiger charge is -2.34. The Kier molecular flexibility index (Phi) is 8.04. The van der Waals surface area contributed by atoms with Crippen LogP contribution in [0, 0.1) is 5.92 Å². The average molecular weight is 554 g/mol. The number of likely N-dealkylation sites (tertiary alicyclic amines) is 1. The number of rotatable bonds is 7. The highest BCUT2D eigenvalue weighted by molar-refractivity contribution is 6.33. The molecule has 1 atom stereocenters. The van der Waals surface area contributed by atoms with Gasteiger partial charge in [-0.15, -0.1) is 0 Å². The number of aliphatic hydroxyl groups excluding tert-OH is 1. The SMILES string of the molecule is CN(CCO)C(=O)N1CCC(Oc2nc3nc(-c4ccc(C5=CCC(C(=O)O)CC5)cc4)c(Cl)cc3[nH]2)CC1. The van der Waals surface area contributed by atoms with Crippen LogP contribution < -0.4 is 4.74 Å². The Morgan fingerprint density at radius 3 is 2.51 bits per heavy atom. The van der Waals surface area contributed by atoms with E-state index in [9.17, 15) is 14.7 Å². The van der Waals surface area contributed by atoms with E-state index in [2.05, 4.69) is 15.0 Å². The zero-order valence-electron chi connectivity index (χ0n) is 21.8. The molecule has 1 saturated heterocycles. The molecule has 1 aliphatic heterocycles. The number of aromatic nitrogens is 3. The molecule has 1 unspecified atom stereocenters. The number of hydrogen-bond acceptors (Lipinski definition) is 6. The second-order valence-electron chi connectivity index (χ2n) is 10.1. The lowest BCUT2D eigenvalue weighted by atomic mass is 9.86. The summed E-state index contributed by atoms with van der Waals surface area (Å²) in [6.45, 7) is 1.39. The van der Waals surface area contributed by atoms with Crippen molar-refractivity contribution in [2.75, 3.05) is 33.3 Å². The molecule has 11 heteroatoms. The summed E-state index contributed by atoms with van der Waals surface area (Å²) in [5.74, 6) is -1.03. The van der Waals surface area contributed by atoms with Crippen molar-refractivity contribution in [1.29, 1.82) is 0 Å². The third kappa shape index (κ3) is 6.02. The number of benzene rings is 1. The summed E-state index contributed by atoms with van der Waals surface area (Å²) >= 11 is 6.59. The van der Waals surface area contributed by atoms with E-state index in [1.54, 1.807) is 18.0 Å². The molecule has 3 aromatic rings. The molecule has 1 fully saturated rings. The van der Waals surface area contributed by atoms with Crippen LogP contribution in [0.2, 0.25) is 5.02 Å². The van der Waals surface area contributed by atoms with Crippen LogP contribution in [0.5, 0.6) is 6.01 Å². The van der Waals surface area contributed by atoms with Gasteiger partial charge in [0, 0.05) is 45.1 Å². The van der Waals surface area contributed by atoms with Gasteiger partial charge in [-0.05, 0) is 36.5 Å². The molecule has 1 aromatic carbocycles. The van der Waals surface area contributed by atoms with Crippen LogP contribution in [0.4, 0.5) is 4.79 Å². The molecule has 1 aliphatic carbocycles. The highest BCUT2D eigenvalue weighted by Gasteiger charge is 2.27. The van der Waals surface area contributed by atoms with Gasteiger partial charge in [0.2, 0.25) is 0 Å². The van der Waals surface area contributed by atoms with Crippen molar-refractivity contribution in [3.05, 3.63) is 47.0 Å². The number of carbonyl (C=O) groups is 2. The lowest BCUT2D eigenvalue weighted by molar-refractivity contribution is -0.141. The van der Waals surface area contributed by atoms with Crippen LogP contribution in [0.15, 0.2) is 36.4 Å². The van der Waals surface area contributed by atoms with Gasteiger partial charge in [-0.2, -0.15) is 4.98 Å². The number of nitrogens with zero attached hydrogens (tertiary/aromatic N) is 4. The Morgan fingerprint density at radius 2 is 1.87 bits per heavy atom. The molecular weight excluding hydrogens is 522 g/mol. The number of carboxylic acids is 1. The van der Waals surface area contributed by atoms with E-state index >= 15 is 0 Å². The van der Waals surface area contributed by atoms with E-state index in [4.69, 9.17) is 21.4 Å². The number of piperidine rings is 1. The number of fused-ring (bicyclic) bond motifs is 1. The molecule has 5 rings (SSSR count). The number of allylic oxidation sites excluding steroid dienone is 2. The Balaban J connectivity index is 1.24. The largest absolute Gasteiger partial charge is 0.481 e. The zero-order chi connectivity index (χ0) is 27.5. The van der Waals surface area contributed by atoms with Crippen molar-refractivity contribution in [1.82, 2.24) is 24.8 Å². The summed E-state index contributed by atoms with van der Waals surface area (Å²) < 4.78 is 6.08. The molecule has 0 bridgehead atoms. The Morgan fingerprint density at radius 1 is 1.15 bits per heavy atom. The second kappa shape index (κ2) is 11.6. The predicted octanol–water partition coefficient (Wildman–Crippen LogP) is 4.43. The van der Waals surface area contributed by atoms with Crippen LogP contribution in [0.25, 0.3) is 28.0 Å². The molecule has 0 saturated carbocycles. The quantitative estimate of drug-likeness (QED) is 0.394. The van der Waals surface area contributed by atoms with Crippen molar-refractivity contribution in [3.63, 3.8) is 0 Å². The Bertz CT molecular complexity index is 1380. The van der Waals surface area contributed by atoms with Crippen molar-refractivity contribution < 1.29 is 24.5 Å². The summed E-state index contributed by atoms with van der Waals surface area (Å²) in [6, 6.07) is 10.0. The number of urea groups is 1. The highest BCUT2D eigenvalue weighted by atomic mass is 35.5. The van der Waals surface area contributed by atoms with Gasteiger partial charge >= 0.3 is 12.0 Å². The zero-order valence-corrected chi connectivity index (χ0v) is 22.5. The van der Waals surface area contributed by atoms with Gasteiger partial charge in [-0.25, -0.2) is 9.78 Å². The fourth-order valence-electron chi connectivity index (χ4n) is 5.13. The van der Waals surface area contributed by atoms with Gasteiger partial charge in [-0.1, -0.05) is 41.9 Å². The first kappa shape index (κ1) is 27.0. The van der Waals surface area contributed by atoms with Gasteiger partial charge in [0.15, 0.2) is 5.65 Å². The fraction of sp³-hybridized carbons (Fsp3) is 0.429. The third-order valence-electron chi connectivity index (χ3n) is 7.45. The number of pyridine rings is 1. The third-order valence-corrected chi connectivity index (χ3v) is 7.74. The number of imidazole rings is 1. The number of halogens is 1. The summed E-state index contributed by atoms with van der Waals surface area (Å²) in [5.41, 5.74) is 4.89. The number of carbonyl (C=O) groups excluding carboxylic acids is 1. The van der Waals surface area contributed by atoms with E-state index in [-0.39, 0.29) is 24.7 Å². The molecule has 39 heavy (non-hydrogen) atoms. The van der Waals surface area contributed by atoms with Gasteiger partial charge < -0.3 is 29.7 Å². The minimum atomic E-state index is -0.733. The first-order chi connectivity index (χ1) is 18.8. The number of hydrogen-bond donors (Lipinski definition) is 3. The summed E-state index contributed by atoms with van der Waals surface area (Å²) in [5, 5.41) is 18.8. The first-order valence-electron chi connectivity index (χ1n) is 13.2. The van der Waals surface area contributed by atoms with Crippen LogP contribution >= 0.6 is 11.6 Å². The first-order valence-corrected chi connectivity index (χ1v) is 13.6. The van der Waals surface area contributed by atoms with Gasteiger partial charge in [-0.3, -0.25) is 4.79 Å². The van der Waals surface area contributed by atoms with Crippen LogP contribution in [-0.4, -0.2) is 86.4 Å². The van der Waals surface area contributed by atoms with Crippen LogP contribution in [0.1, 0.15) is 37.7 Å². The fourth-order valence-corrected chi connectivity index (χ4v) is 5.39. The maximum atomic E-state index is 12.4. The maximum Gasteiger partial charge on any atom is 0.319 e. The lowest BCUT2D eigenvalue weighted by Crippen LogP contribution is -2.47. The maximum absolute atomic E-state index is 12.4. The number of aromatic amines is 1. The number of ether oxygens (including phenoxy) is 1. The minimum Gasteiger partial charge on any atom is -0.481 e. The van der Waals surface area contributed by atoms with Gasteiger partial charge in [0.05, 0.1) is 28.8 Å². The normalized spacial score (nSPS) is 18.2. The van der Waals surface area contributed by atoms with Gasteiger partial charge in [0.25, 0.3) is 6.01 Å². The molecule has 0 spiro atoms. The Labute approximate surface area is 231 Å². The molecule has 3 N–H and O–H groups in total. The number of carboxylic acid groups (broad SMARTS) is 1. The Hall–Kier alpha value is -3.63. The van der Waals surface area contributed by atoms with E-state index in [0.29, 0.717) is 73.2 Å². The minimum absolute atomic E-state index is 0.0618. The number of nitrogens with one attached hydrogen (secondary N) is 1. The monoisotopic (exact) mass is 553 g/mol. The van der Waals surface area contributed by atoms with Crippen molar-refractivity contribution in [2.24, 2.45) is 5.92 Å². The predicted molar refractivity (Wildman–Crippen MR) is 148 cm³/mol. The molecule has 10 nitrogen and oxygen atoms in total. The molecule has 206 valence electrons. The summed E-state index contributed by atoms with van der Waals surface area (Å²) in [6.07, 6.45) is 5.24. The van der Waals surface area contributed by atoms with Crippen LogP contribution in [-0.2, 0) is 4.79 Å². The summed E-state index contributed by atoms with van der Waals surface area (Å²) in [4.78, 5) is 39.3. The number of H-pyrrole nitrogens is 1. The molecular formula is C28H32ClN5O5. The standard InChI is InChI=1S/C28H32ClN5O5/c1-33(14-15-35)28(38)34-12-10-21(11-13-34)39-27-30-23-16-22(29)24(31-25(23)32-27)19-6-2-17(3-7-19)18-4-8-20(9-5-18)26(36)37/h2-4,6-7,16,20-21,35H,5,8-15H2,1H3,(H,36,37)(H,30,31,32). The molecule has 2 amide bonds. The van der Waals surface area contributed by atoms with Gasteiger partial charge in [0.1, 0.15) is 6.10 Å². The number of aliphatic hydroxyl groups is 1. The molecule has 2 aromatic heterocycles. The van der Waals surface area contributed by atoms with Crippen molar-refractivity contribution in [2.45, 2.75) is 38.2 Å². The molecule has 0 radical (unpaired) electrons. The second-order valence-corrected chi connectivity index (χ2v) is 10.5. The van der Waals surface area contributed by atoms with E-state index in [1.165, 1.54) is 4.90 Å². The average Bonchev–Trinajstić information content (AvgIpc) is 3.33. The van der Waals surface area contributed by atoms with E-state index < -0.39 is 5.97 Å². The molecule has 3 heterocycles. The summed E-state index contributed by atoms with van der Waals surface area (Å²) in [7, 11) is 1.68. The smallest absolute Gasteiger partial charge is 0.319 e. The number of likely N-dealkylation sites (N-methyl/N-ethyl adjacent to an activating group) is 1.